The zero-order valence-corrected chi connectivity index (χ0v) is 27.9. The monoisotopic (exact) mass is 604 g/mol. The van der Waals surface area contributed by atoms with Crippen molar-refractivity contribution in [1.29, 1.82) is 0 Å². The molecule has 1 radical (unpaired) electrons. The largest absolute Gasteiger partial charge is 0.494 e. The number of ether oxygens (including phenoxy) is 1. The summed E-state index contributed by atoms with van der Waals surface area (Å²) in [6.07, 6.45) is 3.11. The number of hydrogen-bond acceptors (Lipinski definition) is 5. The molecule has 44 heavy (non-hydrogen) atoms. The van der Waals surface area contributed by atoms with E-state index >= 15 is 8.78 Å². The Labute approximate surface area is 263 Å². The second kappa shape index (κ2) is 13.0. The normalized spacial score (nSPS) is 16.3. The SMILES string of the molecule is CCCCc1ccc(N(c2ccc([B]OC(C)(C)C(C)(C)OC)cc2F)c2ccc(B3OC(C)(C)C(C)(C)O3)cc2F)cc1. The third-order valence-electron chi connectivity index (χ3n) is 9.41. The van der Waals surface area contributed by atoms with Gasteiger partial charge >= 0.3 is 14.6 Å². The van der Waals surface area contributed by atoms with Gasteiger partial charge < -0.3 is 23.6 Å². The second-order valence-corrected chi connectivity index (χ2v) is 13.6. The van der Waals surface area contributed by atoms with Crippen LogP contribution in [-0.2, 0) is 25.1 Å². The lowest BCUT2D eigenvalue weighted by Crippen LogP contribution is -2.50. The van der Waals surface area contributed by atoms with Crippen LogP contribution in [0, 0.1) is 11.6 Å². The Morgan fingerprint density at radius 1 is 0.818 bits per heavy atom. The van der Waals surface area contributed by atoms with Crippen LogP contribution in [0.4, 0.5) is 25.8 Å². The smallest absolute Gasteiger partial charge is 0.427 e. The maximum absolute atomic E-state index is 16.1. The number of unbranched alkanes of at least 4 members (excludes halogenated alkanes) is 1. The molecule has 0 bridgehead atoms. The first-order valence-electron chi connectivity index (χ1n) is 15.4. The first-order chi connectivity index (χ1) is 20.5. The van der Waals surface area contributed by atoms with Gasteiger partial charge in [-0.3, -0.25) is 0 Å². The highest BCUT2D eigenvalue weighted by molar-refractivity contribution is 6.62. The standard InChI is InChI=1S/C35H46B2F2NO4/c1-11-12-13-24-14-18-27(19-15-24)40(30-20-16-25(22-28(30)38)36-42-33(4,5)32(2,3)41-10)31-21-17-26(23-29(31)39)37-43-34(6,7)35(8,9)44-37/h14-23H,11-13H2,1-10H3. The van der Waals surface area contributed by atoms with Crippen molar-refractivity contribution in [3.8, 4) is 0 Å². The minimum Gasteiger partial charge on any atom is -0.427 e. The lowest BCUT2D eigenvalue weighted by Gasteiger charge is -2.40. The highest BCUT2D eigenvalue weighted by Crippen LogP contribution is 2.39. The highest BCUT2D eigenvalue weighted by Gasteiger charge is 2.51. The van der Waals surface area contributed by atoms with E-state index in [1.807, 2.05) is 79.7 Å². The second-order valence-electron chi connectivity index (χ2n) is 13.6. The number of aryl methyl sites for hydroxylation is 1. The average molecular weight is 604 g/mol. The summed E-state index contributed by atoms with van der Waals surface area (Å²) in [5.41, 5.74) is 0.969. The van der Waals surface area contributed by atoms with Gasteiger partial charge in [-0.15, -0.1) is 0 Å². The van der Waals surface area contributed by atoms with Crippen molar-refractivity contribution in [1.82, 2.24) is 0 Å². The molecule has 9 heteroatoms. The molecular formula is C35H46B2F2NO4. The number of halogens is 2. The Hall–Kier alpha value is -2.71. The van der Waals surface area contributed by atoms with Gasteiger partial charge in [0.1, 0.15) is 11.6 Å². The summed E-state index contributed by atoms with van der Waals surface area (Å²) in [5, 5.41) is 0. The predicted octanol–water partition coefficient (Wildman–Crippen LogP) is 7.54. The summed E-state index contributed by atoms with van der Waals surface area (Å²) in [5.74, 6) is -1.04. The molecule has 0 spiro atoms. The number of hydrogen-bond donors (Lipinski definition) is 0. The van der Waals surface area contributed by atoms with Crippen molar-refractivity contribution in [2.45, 2.75) is 104 Å². The summed E-state index contributed by atoms with van der Waals surface area (Å²) < 4.78 is 55.9. The molecule has 1 aliphatic heterocycles. The Morgan fingerprint density at radius 3 is 1.91 bits per heavy atom. The molecular weight excluding hydrogens is 558 g/mol. The molecule has 3 aromatic carbocycles. The number of benzene rings is 3. The topological polar surface area (TPSA) is 40.2 Å². The van der Waals surface area contributed by atoms with Gasteiger partial charge in [-0.2, -0.15) is 0 Å². The molecule has 1 fully saturated rings. The van der Waals surface area contributed by atoms with E-state index in [2.05, 4.69) is 6.92 Å². The van der Waals surface area contributed by atoms with Crippen LogP contribution in [0.25, 0.3) is 0 Å². The minimum absolute atomic E-state index is 0.210. The zero-order chi connectivity index (χ0) is 32.5. The fraction of sp³-hybridized carbons (Fsp3) is 0.486. The Bertz CT molecular complexity index is 1430. The Kier molecular flexibility index (Phi) is 10.1. The van der Waals surface area contributed by atoms with Crippen molar-refractivity contribution >= 4 is 42.6 Å². The van der Waals surface area contributed by atoms with E-state index in [1.165, 1.54) is 25.2 Å². The van der Waals surface area contributed by atoms with Crippen molar-refractivity contribution in [3.05, 3.63) is 77.9 Å². The van der Waals surface area contributed by atoms with Gasteiger partial charge in [-0.1, -0.05) is 43.1 Å². The summed E-state index contributed by atoms with van der Waals surface area (Å²) in [4.78, 5) is 1.60. The molecule has 0 unspecified atom stereocenters. The summed E-state index contributed by atoms with van der Waals surface area (Å²) in [6, 6.07) is 17.5. The summed E-state index contributed by atoms with van der Waals surface area (Å²) in [7, 11) is 2.44. The van der Waals surface area contributed by atoms with Gasteiger partial charge in [0.05, 0.1) is 33.8 Å². The first kappa shape index (κ1) is 34.2. The van der Waals surface area contributed by atoms with Gasteiger partial charge in [0.2, 0.25) is 0 Å². The third-order valence-corrected chi connectivity index (χ3v) is 9.41. The van der Waals surface area contributed by atoms with E-state index < -0.39 is 41.2 Å². The van der Waals surface area contributed by atoms with Crippen molar-refractivity contribution in [2.24, 2.45) is 0 Å². The number of methoxy groups -OCH3 is 1. The molecule has 1 aliphatic rings. The zero-order valence-electron chi connectivity index (χ0n) is 27.9. The van der Waals surface area contributed by atoms with Crippen molar-refractivity contribution in [3.63, 3.8) is 0 Å². The lowest BCUT2D eigenvalue weighted by molar-refractivity contribution is -0.114. The van der Waals surface area contributed by atoms with E-state index in [9.17, 15) is 0 Å². The van der Waals surface area contributed by atoms with Crippen LogP contribution in [0.15, 0.2) is 60.7 Å². The van der Waals surface area contributed by atoms with Crippen LogP contribution in [0.1, 0.15) is 80.7 Å². The van der Waals surface area contributed by atoms with Gasteiger partial charge in [-0.05, 0) is 116 Å². The van der Waals surface area contributed by atoms with Gasteiger partial charge in [0.15, 0.2) is 0 Å². The average Bonchev–Trinajstić information content (AvgIpc) is 3.19. The van der Waals surface area contributed by atoms with E-state index in [0.717, 1.165) is 19.3 Å². The van der Waals surface area contributed by atoms with E-state index in [4.69, 9.17) is 18.7 Å². The molecule has 0 aliphatic carbocycles. The molecule has 5 nitrogen and oxygen atoms in total. The van der Waals surface area contributed by atoms with Crippen LogP contribution in [0.3, 0.4) is 0 Å². The van der Waals surface area contributed by atoms with Crippen LogP contribution < -0.4 is 15.8 Å². The van der Waals surface area contributed by atoms with Crippen molar-refractivity contribution < 1.29 is 27.5 Å². The third kappa shape index (κ3) is 7.07. The maximum Gasteiger partial charge on any atom is 0.494 e. The fourth-order valence-corrected chi connectivity index (χ4v) is 4.81. The minimum atomic E-state index is -0.714. The maximum atomic E-state index is 16.1. The van der Waals surface area contributed by atoms with Crippen LogP contribution >= 0.6 is 0 Å². The van der Waals surface area contributed by atoms with Crippen LogP contribution in [0.2, 0.25) is 0 Å². The first-order valence-corrected chi connectivity index (χ1v) is 15.4. The molecule has 0 atom stereocenters. The Morgan fingerprint density at radius 2 is 1.39 bits per heavy atom. The highest BCUT2D eigenvalue weighted by atomic mass is 19.1. The number of anilines is 3. The predicted molar refractivity (Wildman–Crippen MR) is 177 cm³/mol. The molecule has 3 aromatic rings. The lowest BCUT2D eigenvalue weighted by atomic mass is 9.79. The van der Waals surface area contributed by atoms with Crippen LogP contribution in [-0.4, -0.2) is 44.1 Å². The quantitative estimate of drug-likeness (QED) is 0.200. The molecule has 1 saturated heterocycles. The van der Waals surface area contributed by atoms with E-state index in [-0.39, 0.29) is 11.4 Å². The van der Waals surface area contributed by atoms with Crippen LogP contribution in [0.5, 0.6) is 0 Å². The fourth-order valence-electron chi connectivity index (χ4n) is 4.81. The summed E-state index contributed by atoms with van der Waals surface area (Å²) in [6.45, 7) is 17.7. The molecule has 4 rings (SSSR count). The molecule has 1 heterocycles. The molecule has 0 saturated carbocycles. The van der Waals surface area contributed by atoms with Gasteiger partial charge in [0, 0.05) is 12.8 Å². The molecule has 235 valence electrons. The van der Waals surface area contributed by atoms with Crippen molar-refractivity contribution in [2.75, 3.05) is 12.0 Å². The molecule has 0 N–H and O–H groups in total. The molecule has 0 aromatic heterocycles. The van der Waals surface area contributed by atoms with E-state index in [0.29, 0.717) is 16.6 Å². The number of rotatable bonds is 12. The molecule has 0 amide bonds. The number of nitrogens with zero attached hydrogens (tertiary/aromatic N) is 1. The van der Waals surface area contributed by atoms with Gasteiger partial charge in [-0.25, -0.2) is 8.78 Å². The van der Waals surface area contributed by atoms with Gasteiger partial charge in [0.25, 0.3) is 0 Å². The van der Waals surface area contributed by atoms with E-state index in [1.54, 1.807) is 36.3 Å². The summed E-state index contributed by atoms with van der Waals surface area (Å²) >= 11 is 0. The Balaban J connectivity index is 1.69.